The van der Waals surface area contributed by atoms with E-state index < -0.39 is 6.29 Å². The molecule has 3 atom stereocenters. The van der Waals surface area contributed by atoms with Gasteiger partial charge in [0.25, 0.3) is 0 Å². The summed E-state index contributed by atoms with van der Waals surface area (Å²) in [7, 11) is 0. The van der Waals surface area contributed by atoms with E-state index in [0.29, 0.717) is 12.8 Å². The molecular formula is C10H20O3. The molecule has 0 aromatic carbocycles. The van der Waals surface area contributed by atoms with Crippen molar-refractivity contribution < 1.29 is 14.9 Å². The van der Waals surface area contributed by atoms with E-state index in [0.717, 1.165) is 12.8 Å². The van der Waals surface area contributed by atoms with Gasteiger partial charge in [-0.05, 0) is 12.8 Å². The van der Waals surface area contributed by atoms with Crippen molar-refractivity contribution in [3.8, 4) is 0 Å². The van der Waals surface area contributed by atoms with Crippen molar-refractivity contribution >= 4 is 0 Å². The van der Waals surface area contributed by atoms with Crippen LogP contribution in [0.3, 0.4) is 0 Å². The van der Waals surface area contributed by atoms with Crippen molar-refractivity contribution in [2.24, 2.45) is 0 Å². The molecule has 0 bridgehead atoms. The van der Waals surface area contributed by atoms with Gasteiger partial charge >= 0.3 is 0 Å². The van der Waals surface area contributed by atoms with Crippen molar-refractivity contribution in [1.29, 1.82) is 0 Å². The Bertz CT molecular complexity index is 128. The van der Waals surface area contributed by atoms with Crippen LogP contribution in [-0.2, 0) is 4.74 Å². The third-order valence-electron chi connectivity index (χ3n) is 2.49. The Hall–Kier alpha value is -0.120. The molecule has 0 aromatic heterocycles. The molecule has 0 radical (unpaired) electrons. The molecule has 0 aliphatic carbocycles. The molecule has 0 aromatic rings. The number of hydrogen-bond acceptors (Lipinski definition) is 3. The van der Waals surface area contributed by atoms with Crippen LogP contribution in [0.4, 0.5) is 0 Å². The number of rotatable bonds is 4. The van der Waals surface area contributed by atoms with Crippen LogP contribution in [0.5, 0.6) is 0 Å². The van der Waals surface area contributed by atoms with Gasteiger partial charge in [0, 0.05) is 6.42 Å². The summed E-state index contributed by atoms with van der Waals surface area (Å²) in [6, 6.07) is 0. The predicted molar refractivity (Wildman–Crippen MR) is 50.3 cm³/mol. The fraction of sp³-hybridized carbons (Fsp3) is 1.00. The maximum absolute atomic E-state index is 9.37. The van der Waals surface area contributed by atoms with Gasteiger partial charge in [0.15, 0.2) is 6.29 Å². The molecule has 3 unspecified atom stereocenters. The first-order chi connectivity index (χ1) is 6.22. The lowest BCUT2D eigenvalue weighted by atomic mass is 10.0. The number of aliphatic hydroxyl groups is 2. The van der Waals surface area contributed by atoms with Crippen LogP contribution < -0.4 is 0 Å². The van der Waals surface area contributed by atoms with E-state index >= 15 is 0 Å². The zero-order chi connectivity index (χ0) is 9.68. The van der Waals surface area contributed by atoms with Crippen LogP contribution in [0.25, 0.3) is 0 Å². The Balaban J connectivity index is 2.17. The Kier molecular flexibility index (Phi) is 4.70. The molecule has 1 heterocycles. The average molecular weight is 188 g/mol. The highest BCUT2D eigenvalue weighted by molar-refractivity contribution is 4.72. The molecular weight excluding hydrogens is 168 g/mol. The minimum Gasteiger partial charge on any atom is -0.393 e. The lowest BCUT2D eigenvalue weighted by Gasteiger charge is -2.30. The van der Waals surface area contributed by atoms with Gasteiger partial charge in [-0.15, -0.1) is 0 Å². The predicted octanol–water partition coefficient (Wildman–Crippen LogP) is 1.43. The summed E-state index contributed by atoms with van der Waals surface area (Å²) in [6.45, 7) is 2.16. The van der Waals surface area contributed by atoms with Crippen molar-refractivity contribution in [1.82, 2.24) is 0 Å². The lowest BCUT2D eigenvalue weighted by Crippen LogP contribution is -2.35. The Labute approximate surface area is 79.7 Å². The number of unbranched alkanes of at least 4 members (excludes halogenated alkanes) is 2. The monoisotopic (exact) mass is 188 g/mol. The van der Waals surface area contributed by atoms with Gasteiger partial charge < -0.3 is 14.9 Å². The third-order valence-corrected chi connectivity index (χ3v) is 2.49. The maximum atomic E-state index is 9.37. The highest BCUT2D eigenvalue weighted by atomic mass is 16.6. The Morgan fingerprint density at radius 1 is 1.23 bits per heavy atom. The Morgan fingerprint density at radius 2 is 2.00 bits per heavy atom. The summed E-state index contributed by atoms with van der Waals surface area (Å²) < 4.78 is 5.30. The van der Waals surface area contributed by atoms with Crippen molar-refractivity contribution in [3.63, 3.8) is 0 Å². The first-order valence-electron chi connectivity index (χ1n) is 5.24. The second-order valence-electron chi connectivity index (χ2n) is 3.83. The van der Waals surface area contributed by atoms with Crippen LogP contribution in [0.2, 0.25) is 0 Å². The second kappa shape index (κ2) is 5.58. The van der Waals surface area contributed by atoms with Crippen molar-refractivity contribution in [2.45, 2.75) is 63.9 Å². The van der Waals surface area contributed by atoms with Gasteiger partial charge in [0.1, 0.15) is 0 Å². The fourth-order valence-electron chi connectivity index (χ4n) is 1.77. The third kappa shape index (κ3) is 4.07. The van der Waals surface area contributed by atoms with Gasteiger partial charge in [-0.25, -0.2) is 0 Å². The van der Waals surface area contributed by atoms with E-state index in [1.165, 1.54) is 12.8 Å². The minimum atomic E-state index is -0.754. The molecule has 0 spiro atoms. The SMILES string of the molecule is CCCCCC1CC(O)CC(O)O1. The molecule has 1 rings (SSSR count). The van der Waals surface area contributed by atoms with Crippen molar-refractivity contribution in [2.75, 3.05) is 0 Å². The standard InChI is InChI=1S/C10H20O3/c1-2-3-4-5-9-6-8(11)7-10(12)13-9/h8-12H,2-7H2,1H3. The fourth-order valence-corrected chi connectivity index (χ4v) is 1.77. The highest BCUT2D eigenvalue weighted by Crippen LogP contribution is 2.22. The number of hydrogen-bond donors (Lipinski definition) is 2. The van der Waals surface area contributed by atoms with Gasteiger partial charge in [0.05, 0.1) is 12.2 Å². The van der Waals surface area contributed by atoms with Crippen LogP contribution in [-0.4, -0.2) is 28.7 Å². The molecule has 78 valence electrons. The molecule has 0 saturated carbocycles. The van der Waals surface area contributed by atoms with E-state index in [2.05, 4.69) is 6.92 Å². The summed E-state index contributed by atoms with van der Waals surface area (Å²) in [4.78, 5) is 0. The van der Waals surface area contributed by atoms with Crippen LogP contribution >= 0.6 is 0 Å². The smallest absolute Gasteiger partial charge is 0.157 e. The minimum absolute atomic E-state index is 0.0605. The molecule has 3 heteroatoms. The van der Waals surface area contributed by atoms with E-state index in [1.54, 1.807) is 0 Å². The largest absolute Gasteiger partial charge is 0.393 e. The maximum Gasteiger partial charge on any atom is 0.157 e. The molecule has 2 N–H and O–H groups in total. The quantitative estimate of drug-likeness (QED) is 0.656. The van der Waals surface area contributed by atoms with Crippen LogP contribution in [0.1, 0.15) is 45.4 Å². The molecule has 1 fully saturated rings. The molecule has 0 amide bonds. The van der Waals surface area contributed by atoms with Gasteiger partial charge in [-0.3, -0.25) is 0 Å². The topological polar surface area (TPSA) is 49.7 Å². The molecule has 13 heavy (non-hydrogen) atoms. The van der Waals surface area contributed by atoms with Crippen molar-refractivity contribution in [3.05, 3.63) is 0 Å². The van der Waals surface area contributed by atoms with E-state index in [4.69, 9.17) is 4.74 Å². The van der Waals surface area contributed by atoms with E-state index in [9.17, 15) is 10.2 Å². The zero-order valence-corrected chi connectivity index (χ0v) is 8.28. The molecule has 1 saturated heterocycles. The molecule has 1 aliphatic heterocycles. The first-order valence-corrected chi connectivity index (χ1v) is 5.24. The van der Waals surface area contributed by atoms with Crippen LogP contribution in [0.15, 0.2) is 0 Å². The first kappa shape index (κ1) is 11.0. The van der Waals surface area contributed by atoms with Gasteiger partial charge in [-0.2, -0.15) is 0 Å². The summed E-state index contributed by atoms with van der Waals surface area (Å²) in [5, 5.41) is 18.6. The average Bonchev–Trinajstić information content (AvgIpc) is 2.03. The lowest BCUT2D eigenvalue weighted by molar-refractivity contribution is -0.190. The zero-order valence-electron chi connectivity index (χ0n) is 8.28. The highest BCUT2D eigenvalue weighted by Gasteiger charge is 2.26. The van der Waals surface area contributed by atoms with Crippen LogP contribution in [0, 0.1) is 0 Å². The molecule has 3 nitrogen and oxygen atoms in total. The van der Waals surface area contributed by atoms with Gasteiger partial charge in [-0.1, -0.05) is 26.2 Å². The summed E-state index contributed by atoms with van der Waals surface area (Å²) in [5.41, 5.74) is 0. The number of ether oxygens (including phenoxy) is 1. The van der Waals surface area contributed by atoms with E-state index in [-0.39, 0.29) is 12.2 Å². The normalized spacial score (nSPS) is 34.8. The summed E-state index contributed by atoms with van der Waals surface area (Å²) in [5.74, 6) is 0. The second-order valence-corrected chi connectivity index (χ2v) is 3.83. The Morgan fingerprint density at radius 3 is 2.62 bits per heavy atom. The summed E-state index contributed by atoms with van der Waals surface area (Å²) in [6.07, 6.45) is 4.45. The van der Waals surface area contributed by atoms with Gasteiger partial charge in [0.2, 0.25) is 0 Å². The summed E-state index contributed by atoms with van der Waals surface area (Å²) >= 11 is 0. The van der Waals surface area contributed by atoms with E-state index in [1.807, 2.05) is 0 Å². The molecule has 1 aliphatic rings. The number of aliphatic hydroxyl groups excluding tert-OH is 2.